The van der Waals surface area contributed by atoms with E-state index >= 15 is 0 Å². The van der Waals surface area contributed by atoms with Crippen LogP contribution in [-0.2, 0) is 10.0 Å². The Balaban J connectivity index is 2.44. The topological polar surface area (TPSA) is 72.2 Å². The van der Waals surface area contributed by atoms with Gasteiger partial charge in [-0.05, 0) is 24.3 Å². The van der Waals surface area contributed by atoms with Crippen LogP contribution in [0.5, 0.6) is 0 Å². The lowest BCUT2D eigenvalue weighted by Gasteiger charge is -2.06. The monoisotopic (exact) mass is 272 g/mol. The number of anilines is 1. The standard InChI is InChI=1S/C11H16N2O2S2/c1-2-8-16-9-7-13-10-3-5-11(6-4-10)17(12,14)15/h2-6,13H,1,7-9H2,(H2,12,14,15). The highest BCUT2D eigenvalue weighted by molar-refractivity contribution is 7.99. The molecule has 0 aromatic heterocycles. The molecule has 0 aliphatic carbocycles. The van der Waals surface area contributed by atoms with Gasteiger partial charge in [-0.1, -0.05) is 6.08 Å². The molecule has 0 radical (unpaired) electrons. The average Bonchev–Trinajstić information content (AvgIpc) is 2.28. The van der Waals surface area contributed by atoms with Crippen molar-refractivity contribution in [2.24, 2.45) is 5.14 Å². The molecule has 0 amide bonds. The molecule has 17 heavy (non-hydrogen) atoms. The molecule has 0 fully saturated rings. The van der Waals surface area contributed by atoms with Crippen molar-refractivity contribution in [3.63, 3.8) is 0 Å². The van der Waals surface area contributed by atoms with Crippen molar-refractivity contribution in [1.82, 2.24) is 0 Å². The van der Waals surface area contributed by atoms with Gasteiger partial charge >= 0.3 is 0 Å². The van der Waals surface area contributed by atoms with Gasteiger partial charge in [-0.2, -0.15) is 11.8 Å². The van der Waals surface area contributed by atoms with E-state index in [4.69, 9.17) is 5.14 Å². The molecule has 1 aromatic carbocycles. The predicted molar refractivity (Wildman–Crippen MR) is 73.8 cm³/mol. The van der Waals surface area contributed by atoms with Gasteiger partial charge in [-0.25, -0.2) is 13.6 Å². The van der Waals surface area contributed by atoms with Crippen LogP contribution in [-0.4, -0.2) is 26.5 Å². The third-order valence-electron chi connectivity index (χ3n) is 1.99. The molecule has 0 saturated carbocycles. The van der Waals surface area contributed by atoms with Crippen molar-refractivity contribution in [3.05, 3.63) is 36.9 Å². The van der Waals surface area contributed by atoms with E-state index in [0.29, 0.717) is 0 Å². The number of rotatable bonds is 7. The van der Waals surface area contributed by atoms with E-state index in [2.05, 4.69) is 11.9 Å². The first-order chi connectivity index (χ1) is 8.04. The van der Waals surface area contributed by atoms with Crippen LogP contribution in [0.2, 0.25) is 0 Å². The normalized spacial score (nSPS) is 11.1. The Morgan fingerprint density at radius 2 is 2.00 bits per heavy atom. The van der Waals surface area contributed by atoms with Gasteiger partial charge in [0.15, 0.2) is 0 Å². The summed E-state index contributed by atoms with van der Waals surface area (Å²) in [6.45, 7) is 4.47. The minimum atomic E-state index is -3.60. The molecule has 4 nitrogen and oxygen atoms in total. The fourth-order valence-corrected chi connectivity index (χ4v) is 2.29. The molecule has 1 aromatic rings. The van der Waals surface area contributed by atoms with E-state index in [1.807, 2.05) is 6.08 Å². The maximum atomic E-state index is 11.0. The second-order valence-electron chi connectivity index (χ2n) is 3.36. The lowest BCUT2D eigenvalue weighted by molar-refractivity contribution is 0.598. The molecule has 0 atom stereocenters. The van der Waals surface area contributed by atoms with Crippen molar-refractivity contribution in [1.29, 1.82) is 0 Å². The molecular weight excluding hydrogens is 256 g/mol. The van der Waals surface area contributed by atoms with Crippen LogP contribution in [0.4, 0.5) is 5.69 Å². The predicted octanol–water partition coefficient (Wildman–Crippen LogP) is 1.67. The fourth-order valence-electron chi connectivity index (χ4n) is 1.20. The van der Waals surface area contributed by atoms with Gasteiger partial charge in [-0.15, -0.1) is 6.58 Å². The Morgan fingerprint density at radius 1 is 1.35 bits per heavy atom. The van der Waals surface area contributed by atoms with Gasteiger partial charge in [0.05, 0.1) is 4.90 Å². The number of nitrogens with two attached hydrogens (primary N) is 1. The van der Waals surface area contributed by atoms with Crippen LogP contribution in [0.3, 0.4) is 0 Å². The van der Waals surface area contributed by atoms with Gasteiger partial charge in [0.1, 0.15) is 0 Å². The third-order valence-corrected chi connectivity index (χ3v) is 3.89. The van der Waals surface area contributed by atoms with Crippen molar-refractivity contribution >= 4 is 27.5 Å². The number of sulfonamides is 1. The summed E-state index contributed by atoms with van der Waals surface area (Å²) < 4.78 is 22.0. The highest BCUT2D eigenvalue weighted by Gasteiger charge is 2.06. The summed E-state index contributed by atoms with van der Waals surface area (Å²) in [5, 5.41) is 8.19. The number of primary sulfonamides is 1. The average molecular weight is 272 g/mol. The summed E-state index contributed by atoms with van der Waals surface area (Å²) in [5.74, 6) is 1.91. The molecule has 0 aliphatic heterocycles. The minimum Gasteiger partial charge on any atom is -0.384 e. The van der Waals surface area contributed by atoms with E-state index in [-0.39, 0.29) is 4.90 Å². The number of benzene rings is 1. The summed E-state index contributed by atoms with van der Waals surface area (Å²) in [7, 11) is -3.60. The van der Waals surface area contributed by atoms with Crippen molar-refractivity contribution in [2.45, 2.75) is 4.90 Å². The van der Waals surface area contributed by atoms with Gasteiger partial charge in [-0.3, -0.25) is 0 Å². The number of hydrogen-bond acceptors (Lipinski definition) is 4. The first-order valence-corrected chi connectivity index (χ1v) is 7.79. The molecule has 3 N–H and O–H groups in total. The lowest BCUT2D eigenvalue weighted by Crippen LogP contribution is -2.12. The lowest BCUT2D eigenvalue weighted by atomic mass is 10.3. The molecule has 0 unspecified atom stereocenters. The van der Waals surface area contributed by atoms with Gasteiger partial charge in [0, 0.05) is 23.7 Å². The maximum absolute atomic E-state index is 11.0. The minimum absolute atomic E-state index is 0.129. The van der Waals surface area contributed by atoms with Crippen LogP contribution in [0, 0.1) is 0 Å². The summed E-state index contributed by atoms with van der Waals surface area (Å²) in [6, 6.07) is 6.40. The molecule has 0 heterocycles. The molecule has 1 rings (SSSR count). The van der Waals surface area contributed by atoms with Crippen LogP contribution in [0.15, 0.2) is 41.8 Å². The summed E-state index contributed by atoms with van der Waals surface area (Å²) in [6.07, 6.45) is 1.87. The number of hydrogen-bond donors (Lipinski definition) is 2. The van der Waals surface area contributed by atoms with Crippen LogP contribution in [0.1, 0.15) is 0 Å². The SMILES string of the molecule is C=CCSCCNc1ccc(S(N)(=O)=O)cc1. The Hall–Kier alpha value is -0.980. The zero-order valence-corrected chi connectivity index (χ0v) is 11.1. The third kappa shape index (κ3) is 5.25. The van der Waals surface area contributed by atoms with E-state index < -0.39 is 10.0 Å². The van der Waals surface area contributed by atoms with Crippen LogP contribution in [0.25, 0.3) is 0 Å². The van der Waals surface area contributed by atoms with Crippen LogP contribution >= 0.6 is 11.8 Å². The molecule has 0 spiro atoms. The highest BCUT2D eigenvalue weighted by atomic mass is 32.2. The zero-order chi connectivity index (χ0) is 12.7. The largest absolute Gasteiger partial charge is 0.384 e. The van der Waals surface area contributed by atoms with E-state index in [1.54, 1.807) is 23.9 Å². The first kappa shape index (κ1) is 14.1. The molecule has 0 saturated heterocycles. The Bertz CT molecular complexity index is 455. The summed E-state index contributed by atoms with van der Waals surface area (Å²) in [5.41, 5.74) is 0.886. The van der Waals surface area contributed by atoms with Crippen LogP contribution < -0.4 is 10.5 Å². The van der Waals surface area contributed by atoms with Gasteiger partial charge < -0.3 is 5.32 Å². The van der Waals surface area contributed by atoms with E-state index in [1.165, 1.54) is 12.1 Å². The van der Waals surface area contributed by atoms with Gasteiger partial charge in [0.2, 0.25) is 10.0 Å². The summed E-state index contributed by atoms with van der Waals surface area (Å²) >= 11 is 1.78. The fraction of sp³-hybridized carbons (Fsp3) is 0.273. The molecule has 0 bridgehead atoms. The maximum Gasteiger partial charge on any atom is 0.238 e. The van der Waals surface area contributed by atoms with Gasteiger partial charge in [0.25, 0.3) is 0 Å². The molecule has 94 valence electrons. The smallest absolute Gasteiger partial charge is 0.238 e. The molecular formula is C11H16N2O2S2. The first-order valence-electron chi connectivity index (χ1n) is 5.09. The van der Waals surface area contributed by atoms with Crippen molar-refractivity contribution in [3.8, 4) is 0 Å². The Morgan fingerprint density at radius 3 is 2.53 bits per heavy atom. The van der Waals surface area contributed by atoms with Crippen molar-refractivity contribution in [2.75, 3.05) is 23.4 Å². The Kier molecular flexibility index (Phi) is 5.54. The second-order valence-corrected chi connectivity index (χ2v) is 6.07. The van der Waals surface area contributed by atoms with Crippen molar-refractivity contribution < 1.29 is 8.42 Å². The quantitative estimate of drug-likeness (QED) is 0.585. The highest BCUT2D eigenvalue weighted by Crippen LogP contribution is 2.12. The molecule has 0 aliphatic rings. The zero-order valence-electron chi connectivity index (χ0n) is 9.43. The van der Waals surface area contributed by atoms with E-state index in [0.717, 1.165) is 23.7 Å². The number of nitrogens with one attached hydrogen (secondary N) is 1. The Labute approximate surface area is 106 Å². The second kappa shape index (κ2) is 6.68. The van der Waals surface area contributed by atoms with E-state index in [9.17, 15) is 8.42 Å². The summed E-state index contributed by atoms with van der Waals surface area (Å²) in [4.78, 5) is 0.129. The number of thioether (sulfide) groups is 1. The molecule has 6 heteroatoms.